The van der Waals surface area contributed by atoms with E-state index in [9.17, 15) is 8.42 Å². The first-order valence-electron chi connectivity index (χ1n) is 10.1. The van der Waals surface area contributed by atoms with Crippen molar-refractivity contribution in [3.63, 3.8) is 0 Å². The van der Waals surface area contributed by atoms with Gasteiger partial charge in [0, 0.05) is 18.1 Å². The van der Waals surface area contributed by atoms with Crippen molar-refractivity contribution in [2.75, 3.05) is 11.9 Å². The molecule has 0 saturated carbocycles. The number of aromatic nitrogens is 1. The fraction of sp³-hybridized carbons (Fsp3) is 0.160. The van der Waals surface area contributed by atoms with E-state index in [0.717, 1.165) is 11.1 Å². The Morgan fingerprint density at radius 3 is 2.42 bits per heavy atom. The lowest BCUT2D eigenvalue weighted by Gasteiger charge is -2.16. The lowest BCUT2D eigenvalue weighted by molar-refractivity contribution is 0.340. The summed E-state index contributed by atoms with van der Waals surface area (Å²) in [7, 11) is -3.77. The first kappa shape index (κ1) is 20.9. The minimum absolute atomic E-state index is 0.147. The molecule has 0 amide bonds. The summed E-state index contributed by atoms with van der Waals surface area (Å²) in [5.41, 5.74) is 3.27. The monoisotopic (exact) mass is 432 g/mol. The number of hydrogen-bond donors (Lipinski definition) is 1. The lowest BCUT2D eigenvalue weighted by atomic mass is 10.1. The van der Waals surface area contributed by atoms with Crippen LogP contribution in [0.1, 0.15) is 18.1 Å². The summed E-state index contributed by atoms with van der Waals surface area (Å²) in [5.74, 6) is 0.671. The van der Waals surface area contributed by atoms with Crippen molar-refractivity contribution < 1.29 is 13.2 Å². The van der Waals surface area contributed by atoms with E-state index in [2.05, 4.69) is 10.3 Å². The summed E-state index contributed by atoms with van der Waals surface area (Å²) in [4.78, 5) is 4.82. The second kappa shape index (κ2) is 8.78. The molecule has 31 heavy (non-hydrogen) atoms. The summed E-state index contributed by atoms with van der Waals surface area (Å²) in [6.07, 6.45) is 1.44. The number of ether oxygens (including phenoxy) is 1. The van der Waals surface area contributed by atoms with E-state index in [1.807, 2.05) is 62.4 Å². The van der Waals surface area contributed by atoms with Gasteiger partial charge in [-0.1, -0.05) is 48.0 Å². The number of rotatable bonds is 7. The van der Waals surface area contributed by atoms with Gasteiger partial charge in [-0.3, -0.25) is 4.98 Å². The Balaban J connectivity index is 1.87. The number of hydrogen-bond acceptors (Lipinski definition) is 5. The number of nitrogens with zero attached hydrogens (tertiary/aromatic N) is 1. The summed E-state index contributed by atoms with van der Waals surface area (Å²) in [5, 5.41) is 4.06. The van der Waals surface area contributed by atoms with Gasteiger partial charge in [-0.05, 0) is 49.7 Å². The SMILES string of the molecule is CCOc1ccc2ncc(S(=O)(=O)c3ccc(C)cc3)c(NCc3ccccc3)c2c1. The largest absolute Gasteiger partial charge is 0.494 e. The summed E-state index contributed by atoms with van der Waals surface area (Å²) < 4.78 is 32.7. The van der Waals surface area contributed by atoms with E-state index in [1.54, 1.807) is 24.3 Å². The molecule has 4 rings (SSSR count). The maximum absolute atomic E-state index is 13.5. The number of nitrogens with one attached hydrogen (secondary N) is 1. The second-order valence-corrected chi connectivity index (χ2v) is 9.18. The average Bonchev–Trinajstić information content (AvgIpc) is 2.78. The molecule has 0 aliphatic heterocycles. The Morgan fingerprint density at radius 1 is 0.968 bits per heavy atom. The number of pyridine rings is 1. The van der Waals surface area contributed by atoms with E-state index < -0.39 is 9.84 Å². The topological polar surface area (TPSA) is 68.3 Å². The first-order chi connectivity index (χ1) is 15.0. The summed E-state index contributed by atoms with van der Waals surface area (Å²) >= 11 is 0. The van der Waals surface area contributed by atoms with Gasteiger partial charge in [0.05, 0.1) is 22.7 Å². The highest BCUT2D eigenvalue weighted by atomic mass is 32.2. The Labute approximate surface area is 182 Å². The van der Waals surface area contributed by atoms with Crippen LogP contribution in [0.25, 0.3) is 10.9 Å². The Kier molecular flexibility index (Phi) is 5.91. The molecule has 0 radical (unpaired) electrons. The number of benzene rings is 3. The lowest BCUT2D eigenvalue weighted by Crippen LogP contribution is -2.10. The molecule has 0 aliphatic rings. The smallest absolute Gasteiger partial charge is 0.210 e. The highest BCUT2D eigenvalue weighted by molar-refractivity contribution is 7.91. The standard InChI is InChI=1S/C25H24N2O3S/c1-3-30-20-11-14-23-22(15-20)25(27-16-19-7-5-4-6-8-19)24(17-26-23)31(28,29)21-12-9-18(2)10-13-21/h4-15,17H,3,16H2,1-2H3,(H,26,27). The van der Waals surface area contributed by atoms with Crippen LogP contribution in [0.4, 0.5) is 5.69 Å². The number of fused-ring (bicyclic) bond motifs is 1. The first-order valence-corrected chi connectivity index (χ1v) is 11.6. The van der Waals surface area contributed by atoms with Crippen LogP contribution in [0.5, 0.6) is 5.75 Å². The minimum Gasteiger partial charge on any atom is -0.494 e. The highest BCUT2D eigenvalue weighted by Gasteiger charge is 2.24. The third-order valence-corrected chi connectivity index (χ3v) is 6.83. The molecule has 0 aliphatic carbocycles. The van der Waals surface area contributed by atoms with Gasteiger partial charge in [0.15, 0.2) is 0 Å². The Hall–Kier alpha value is -3.38. The second-order valence-electron chi connectivity index (χ2n) is 7.27. The fourth-order valence-corrected chi connectivity index (χ4v) is 4.82. The van der Waals surface area contributed by atoms with E-state index in [-0.39, 0.29) is 9.79 Å². The van der Waals surface area contributed by atoms with Crippen molar-refractivity contribution in [2.45, 2.75) is 30.2 Å². The number of anilines is 1. The van der Waals surface area contributed by atoms with E-state index in [0.29, 0.717) is 35.5 Å². The quantitative estimate of drug-likeness (QED) is 0.424. The van der Waals surface area contributed by atoms with Crippen LogP contribution in [0.3, 0.4) is 0 Å². The minimum atomic E-state index is -3.77. The van der Waals surface area contributed by atoms with Crippen LogP contribution in [0.2, 0.25) is 0 Å². The van der Waals surface area contributed by atoms with Crippen molar-refractivity contribution in [3.05, 3.63) is 90.1 Å². The zero-order valence-electron chi connectivity index (χ0n) is 17.5. The fourth-order valence-electron chi connectivity index (χ4n) is 3.43. The van der Waals surface area contributed by atoms with Gasteiger partial charge in [0.25, 0.3) is 0 Å². The van der Waals surface area contributed by atoms with Gasteiger partial charge in [0.2, 0.25) is 9.84 Å². The van der Waals surface area contributed by atoms with Crippen LogP contribution < -0.4 is 10.1 Å². The number of aryl methyl sites for hydroxylation is 1. The summed E-state index contributed by atoms with van der Waals surface area (Å²) in [6.45, 7) is 4.84. The predicted octanol–water partition coefficient (Wildman–Crippen LogP) is 5.39. The zero-order valence-corrected chi connectivity index (χ0v) is 18.3. The molecule has 0 spiro atoms. The molecule has 1 heterocycles. The van der Waals surface area contributed by atoms with Gasteiger partial charge in [-0.25, -0.2) is 8.42 Å². The van der Waals surface area contributed by atoms with Crippen LogP contribution in [0.15, 0.2) is 88.8 Å². The molecule has 0 bridgehead atoms. The normalized spacial score (nSPS) is 11.4. The molecule has 1 aromatic heterocycles. The van der Waals surface area contributed by atoms with Gasteiger partial charge < -0.3 is 10.1 Å². The maximum Gasteiger partial charge on any atom is 0.210 e. The van der Waals surface area contributed by atoms with Gasteiger partial charge in [0.1, 0.15) is 10.6 Å². The molecule has 0 fully saturated rings. The summed E-state index contributed by atoms with van der Waals surface area (Å²) in [6, 6.07) is 22.2. The van der Waals surface area contributed by atoms with Crippen molar-refractivity contribution >= 4 is 26.4 Å². The Morgan fingerprint density at radius 2 is 1.71 bits per heavy atom. The van der Waals surface area contributed by atoms with E-state index >= 15 is 0 Å². The van der Waals surface area contributed by atoms with Crippen molar-refractivity contribution in [2.24, 2.45) is 0 Å². The molecule has 5 nitrogen and oxygen atoms in total. The molecular weight excluding hydrogens is 408 g/mol. The van der Waals surface area contributed by atoms with Crippen LogP contribution in [-0.4, -0.2) is 20.0 Å². The molecule has 4 aromatic rings. The van der Waals surface area contributed by atoms with E-state index in [1.165, 1.54) is 6.20 Å². The Bertz CT molecular complexity index is 1300. The molecule has 0 atom stereocenters. The maximum atomic E-state index is 13.5. The average molecular weight is 433 g/mol. The zero-order chi connectivity index (χ0) is 21.8. The molecular formula is C25H24N2O3S. The van der Waals surface area contributed by atoms with Crippen molar-refractivity contribution in [1.82, 2.24) is 4.98 Å². The number of sulfone groups is 1. The third kappa shape index (κ3) is 4.39. The van der Waals surface area contributed by atoms with Crippen LogP contribution in [0, 0.1) is 6.92 Å². The molecule has 158 valence electrons. The van der Waals surface area contributed by atoms with Gasteiger partial charge in [-0.2, -0.15) is 0 Å². The molecule has 6 heteroatoms. The van der Waals surface area contributed by atoms with Crippen molar-refractivity contribution in [1.29, 1.82) is 0 Å². The predicted molar refractivity (Wildman–Crippen MR) is 123 cm³/mol. The molecule has 1 N–H and O–H groups in total. The van der Waals surface area contributed by atoms with Crippen LogP contribution in [-0.2, 0) is 16.4 Å². The molecule has 0 saturated heterocycles. The van der Waals surface area contributed by atoms with Gasteiger partial charge >= 0.3 is 0 Å². The van der Waals surface area contributed by atoms with Crippen molar-refractivity contribution in [3.8, 4) is 5.75 Å². The van der Waals surface area contributed by atoms with Gasteiger partial charge in [-0.15, -0.1) is 0 Å². The van der Waals surface area contributed by atoms with Crippen LogP contribution >= 0.6 is 0 Å². The molecule has 3 aromatic carbocycles. The van der Waals surface area contributed by atoms with E-state index in [4.69, 9.17) is 4.74 Å². The molecule has 0 unspecified atom stereocenters. The highest BCUT2D eigenvalue weighted by Crippen LogP contribution is 2.35. The third-order valence-electron chi connectivity index (χ3n) is 5.05.